The van der Waals surface area contributed by atoms with Crippen molar-refractivity contribution in [2.75, 3.05) is 40.6 Å². The number of aliphatic carboxylic acids is 1. The van der Waals surface area contributed by atoms with Gasteiger partial charge in [0.2, 0.25) is 5.75 Å². The van der Waals surface area contributed by atoms with Crippen LogP contribution in [0, 0.1) is 0 Å². The molecule has 0 fully saturated rings. The summed E-state index contributed by atoms with van der Waals surface area (Å²) in [5.41, 5.74) is -1.34. The third kappa shape index (κ3) is 6.34. The highest BCUT2D eigenvalue weighted by atomic mass is 16.5. The number of aliphatic hydroxyl groups is 3. The quantitative estimate of drug-likeness (QED) is 0.190. The van der Waals surface area contributed by atoms with E-state index < -0.39 is 43.3 Å². The van der Waals surface area contributed by atoms with Gasteiger partial charge in [0.25, 0.3) is 0 Å². The van der Waals surface area contributed by atoms with E-state index in [9.17, 15) is 24.9 Å². The Morgan fingerprint density at radius 2 is 1.50 bits per heavy atom. The molecule has 0 aliphatic rings. The predicted octanol–water partition coefficient (Wildman–Crippen LogP) is -0.0297. The minimum atomic E-state index is -1.31. The maximum atomic E-state index is 12.3. The Kier molecular flexibility index (Phi) is 9.46. The number of aromatic hydroxyl groups is 3. The summed E-state index contributed by atoms with van der Waals surface area (Å²) < 4.78 is 15.8. The van der Waals surface area contributed by atoms with Gasteiger partial charge >= 0.3 is 5.97 Å². The van der Waals surface area contributed by atoms with Crippen molar-refractivity contribution in [2.45, 2.75) is 5.54 Å². The molecule has 0 saturated carbocycles. The predicted molar refractivity (Wildman–Crippen MR) is 126 cm³/mol. The first-order valence-corrected chi connectivity index (χ1v) is 10.3. The first kappa shape index (κ1) is 28.2. The van der Waals surface area contributed by atoms with Crippen LogP contribution >= 0.6 is 0 Å². The monoisotopic (exact) mass is 509 g/mol. The summed E-state index contributed by atoms with van der Waals surface area (Å²) in [4.78, 5) is 22.4. The molecule has 0 unspecified atom stereocenters. The maximum Gasteiger partial charge on any atom is 0.317 e. The number of carbonyl (C=O) groups is 1. The number of fused-ring (bicyclic) bond motifs is 1. The van der Waals surface area contributed by atoms with Gasteiger partial charge in [0.1, 0.15) is 28.2 Å². The van der Waals surface area contributed by atoms with Gasteiger partial charge in [0.05, 0.1) is 46.1 Å². The smallest absolute Gasteiger partial charge is 0.317 e. The van der Waals surface area contributed by atoms with Gasteiger partial charge in [0, 0.05) is 23.8 Å². The molecule has 0 spiro atoms. The van der Waals surface area contributed by atoms with Crippen LogP contribution in [0.4, 0.5) is 0 Å². The third-order valence-electron chi connectivity index (χ3n) is 5.08. The molecular formula is C23H27NO12. The molecule has 36 heavy (non-hydrogen) atoms. The van der Waals surface area contributed by atoms with Gasteiger partial charge in [-0.05, 0) is 12.1 Å². The first-order chi connectivity index (χ1) is 17.0. The Hall–Kier alpha value is -4.04. The van der Waals surface area contributed by atoms with Crippen LogP contribution in [0.1, 0.15) is 0 Å². The lowest BCUT2D eigenvalue weighted by Gasteiger charge is -2.27. The summed E-state index contributed by atoms with van der Waals surface area (Å²) in [7, 11) is 2.76. The summed E-state index contributed by atoms with van der Waals surface area (Å²) in [6.07, 6.45) is 0. The van der Waals surface area contributed by atoms with Crippen molar-refractivity contribution in [3.8, 4) is 40.1 Å². The fraction of sp³-hybridized carbons (Fsp3) is 0.304. The fourth-order valence-corrected chi connectivity index (χ4v) is 3.01. The van der Waals surface area contributed by atoms with Crippen LogP contribution in [0.25, 0.3) is 22.3 Å². The van der Waals surface area contributed by atoms with Crippen LogP contribution in [-0.2, 0) is 4.79 Å². The number of carboxylic acids is 1. The zero-order valence-corrected chi connectivity index (χ0v) is 19.4. The SMILES string of the molecule is COc1cc(-c2cc(=O)c3c(O)cc(O)cc3o2)cc(OC)c1O.O=C(O)CNC(CO)(CO)CO. The van der Waals surface area contributed by atoms with Gasteiger partial charge in [0.15, 0.2) is 16.9 Å². The van der Waals surface area contributed by atoms with Crippen molar-refractivity contribution < 1.29 is 54.4 Å². The van der Waals surface area contributed by atoms with E-state index in [1.54, 1.807) is 0 Å². The van der Waals surface area contributed by atoms with Crippen LogP contribution < -0.4 is 20.2 Å². The van der Waals surface area contributed by atoms with Gasteiger partial charge in [-0.15, -0.1) is 0 Å². The molecule has 13 nitrogen and oxygen atoms in total. The highest BCUT2D eigenvalue weighted by molar-refractivity contribution is 5.86. The van der Waals surface area contributed by atoms with Crippen molar-refractivity contribution in [1.29, 1.82) is 0 Å². The van der Waals surface area contributed by atoms with Crippen molar-refractivity contribution in [3.05, 3.63) is 40.6 Å². The number of ether oxygens (including phenoxy) is 2. The topological polar surface area (TPSA) is 219 Å². The highest BCUT2D eigenvalue weighted by Gasteiger charge is 2.27. The summed E-state index contributed by atoms with van der Waals surface area (Å²) >= 11 is 0. The van der Waals surface area contributed by atoms with E-state index in [1.807, 2.05) is 0 Å². The van der Waals surface area contributed by atoms with E-state index >= 15 is 0 Å². The molecule has 0 aliphatic carbocycles. The number of phenolic OH excluding ortho intramolecular Hbond substituents is 3. The zero-order valence-electron chi connectivity index (χ0n) is 19.4. The largest absolute Gasteiger partial charge is 0.508 e. The van der Waals surface area contributed by atoms with Crippen LogP contribution in [0.2, 0.25) is 0 Å². The summed E-state index contributed by atoms with van der Waals surface area (Å²) in [6, 6.07) is 6.44. The Labute approximate surface area is 204 Å². The molecule has 0 aliphatic heterocycles. The third-order valence-corrected chi connectivity index (χ3v) is 5.08. The Bertz CT molecular complexity index is 1230. The average Bonchev–Trinajstić information content (AvgIpc) is 2.85. The number of phenols is 3. The van der Waals surface area contributed by atoms with Gasteiger partial charge in [-0.3, -0.25) is 14.9 Å². The summed E-state index contributed by atoms with van der Waals surface area (Å²) in [6.45, 7) is -1.98. The number of carboxylic acid groups (broad SMARTS) is 1. The van der Waals surface area contributed by atoms with Gasteiger partial charge in [-0.25, -0.2) is 0 Å². The van der Waals surface area contributed by atoms with Crippen molar-refractivity contribution >= 4 is 16.9 Å². The van der Waals surface area contributed by atoms with Gasteiger partial charge in [-0.2, -0.15) is 0 Å². The van der Waals surface area contributed by atoms with Gasteiger partial charge < -0.3 is 49.6 Å². The number of hydrogen-bond donors (Lipinski definition) is 8. The van der Waals surface area contributed by atoms with E-state index in [-0.39, 0.29) is 45.5 Å². The molecule has 8 N–H and O–H groups in total. The lowest BCUT2D eigenvalue weighted by atomic mass is 10.0. The second-order valence-corrected chi connectivity index (χ2v) is 7.54. The molecule has 1 heterocycles. The Morgan fingerprint density at radius 1 is 0.944 bits per heavy atom. The molecule has 1 aromatic heterocycles. The molecule has 0 radical (unpaired) electrons. The number of hydrogen-bond acceptors (Lipinski definition) is 12. The lowest BCUT2D eigenvalue weighted by molar-refractivity contribution is -0.136. The molecule has 0 atom stereocenters. The number of methoxy groups -OCH3 is 2. The molecule has 3 rings (SSSR count). The summed E-state index contributed by atoms with van der Waals surface area (Å²) in [5, 5.41) is 66.0. The maximum absolute atomic E-state index is 12.3. The standard InChI is InChI=1S/C17H14O7.C6H13NO5/c1-22-14-3-8(4-15(23-2)17(14)21)12-7-11(20)16-10(19)5-9(18)6-13(16)24-12;8-2-6(3-9,4-10)7-1-5(11)12/h3-7,18-19,21H,1-2H3;7-10H,1-4H2,(H,11,12). The van der Waals surface area contributed by atoms with Crippen molar-refractivity contribution in [2.24, 2.45) is 0 Å². The average molecular weight is 509 g/mol. The molecule has 0 saturated heterocycles. The number of benzene rings is 2. The van der Waals surface area contributed by atoms with E-state index in [0.717, 1.165) is 6.07 Å². The van der Waals surface area contributed by atoms with E-state index in [0.29, 0.717) is 5.56 Å². The minimum absolute atomic E-state index is 0.0287. The van der Waals surface area contributed by atoms with Gasteiger partial charge in [-0.1, -0.05) is 0 Å². The second-order valence-electron chi connectivity index (χ2n) is 7.54. The number of nitrogens with one attached hydrogen (secondary N) is 1. The lowest BCUT2D eigenvalue weighted by Crippen LogP contribution is -2.56. The molecule has 3 aromatic rings. The molecule has 2 aromatic carbocycles. The van der Waals surface area contributed by atoms with Crippen LogP contribution in [-0.4, -0.2) is 87.8 Å². The van der Waals surface area contributed by atoms with E-state index in [1.165, 1.54) is 38.5 Å². The minimum Gasteiger partial charge on any atom is -0.508 e. The molecular weight excluding hydrogens is 482 g/mol. The molecule has 196 valence electrons. The normalized spacial score (nSPS) is 11.0. The van der Waals surface area contributed by atoms with E-state index in [4.69, 9.17) is 34.3 Å². The zero-order chi connectivity index (χ0) is 27.0. The fourth-order valence-electron chi connectivity index (χ4n) is 3.01. The van der Waals surface area contributed by atoms with Crippen LogP contribution in [0.5, 0.6) is 28.7 Å². The van der Waals surface area contributed by atoms with Crippen LogP contribution in [0.15, 0.2) is 39.5 Å². The van der Waals surface area contributed by atoms with Crippen molar-refractivity contribution in [1.82, 2.24) is 5.32 Å². The van der Waals surface area contributed by atoms with Crippen LogP contribution in [0.3, 0.4) is 0 Å². The second kappa shape index (κ2) is 12.1. The van der Waals surface area contributed by atoms with Crippen molar-refractivity contribution in [3.63, 3.8) is 0 Å². The highest BCUT2D eigenvalue weighted by Crippen LogP contribution is 2.40. The number of aliphatic hydroxyl groups excluding tert-OH is 3. The molecule has 0 amide bonds. The Morgan fingerprint density at radius 3 is 1.97 bits per heavy atom. The molecule has 13 heteroatoms. The molecule has 0 bridgehead atoms. The summed E-state index contributed by atoms with van der Waals surface area (Å²) in [5.74, 6) is -1.45. The first-order valence-electron chi connectivity index (χ1n) is 10.3. The van der Waals surface area contributed by atoms with E-state index in [2.05, 4.69) is 5.32 Å². The Balaban J connectivity index is 0.000000324. The number of rotatable bonds is 9.